The Morgan fingerprint density at radius 2 is 2.16 bits per heavy atom. The molecule has 1 aromatic heterocycles. The average molecular weight is 277 g/mol. The van der Waals surface area contributed by atoms with Gasteiger partial charge in [-0.05, 0) is 24.4 Å². The normalized spacial score (nSPS) is 30.1. The van der Waals surface area contributed by atoms with Gasteiger partial charge in [0.05, 0.1) is 18.2 Å². The molecule has 0 N–H and O–H groups in total. The van der Waals surface area contributed by atoms with Gasteiger partial charge in [-0.25, -0.2) is 0 Å². The number of fused-ring (bicyclic) bond motifs is 3. The highest BCUT2D eigenvalue weighted by Crippen LogP contribution is 2.35. The monoisotopic (exact) mass is 277 g/mol. The van der Waals surface area contributed by atoms with Gasteiger partial charge in [-0.15, -0.1) is 0 Å². The lowest BCUT2D eigenvalue weighted by atomic mass is 10.0. The molecule has 5 nitrogen and oxygen atoms in total. The maximum absolute atomic E-state index is 11.9. The second kappa shape index (κ2) is 4.00. The molecule has 2 aliphatic heterocycles. The number of Topliss-reactive ketones (excluding diaryl/α,β-unsaturated/α-hetero) is 1. The molecule has 98 valence electrons. The van der Waals surface area contributed by atoms with Crippen LogP contribution < -0.4 is 0 Å². The van der Waals surface area contributed by atoms with Crippen LogP contribution in [0.1, 0.15) is 12.5 Å². The molecule has 2 saturated heterocycles. The van der Waals surface area contributed by atoms with Crippen molar-refractivity contribution in [2.75, 3.05) is 6.61 Å². The standard InChI is InChI=1S/C13H11NO4S/c15-9-5-8(11-6-16-12(9)17-11)14-7-3-1-2-4-10(7)18-13(14)19/h1-4,8,11-12H,5-6H2/t8-,11+,12+/m1/s1. The van der Waals surface area contributed by atoms with Crippen LogP contribution in [-0.2, 0) is 14.3 Å². The largest absolute Gasteiger partial charge is 0.429 e. The van der Waals surface area contributed by atoms with Crippen LogP contribution >= 0.6 is 12.2 Å². The molecule has 6 heteroatoms. The van der Waals surface area contributed by atoms with E-state index < -0.39 is 6.29 Å². The zero-order valence-corrected chi connectivity index (χ0v) is 10.8. The summed E-state index contributed by atoms with van der Waals surface area (Å²) >= 11 is 5.28. The molecule has 3 atom stereocenters. The first-order valence-corrected chi connectivity index (χ1v) is 6.55. The number of nitrogens with zero attached hydrogens (tertiary/aromatic N) is 1. The molecule has 2 bridgehead atoms. The van der Waals surface area contributed by atoms with Crippen LogP contribution in [-0.4, -0.2) is 29.4 Å². The molecule has 1 aromatic carbocycles. The number of para-hydroxylation sites is 2. The zero-order chi connectivity index (χ0) is 13.0. The lowest BCUT2D eigenvalue weighted by molar-refractivity contribution is -0.156. The van der Waals surface area contributed by atoms with Gasteiger partial charge in [0.1, 0.15) is 6.10 Å². The number of carbonyl (C=O) groups excluding carboxylic acids is 1. The minimum absolute atomic E-state index is 0.0362. The molecule has 4 rings (SSSR count). The summed E-state index contributed by atoms with van der Waals surface area (Å²) in [6, 6.07) is 7.45. The molecule has 0 saturated carbocycles. The fourth-order valence-corrected chi connectivity index (χ4v) is 3.10. The topological polar surface area (TPSA) is 53.6 Å². The Morgan fingerprint density at radius 1 is 1.32 bits per heavy atom. The third kappa shape index (κ3) is 1.60. The predicted molar refractivity (Wildman–Crippen MR) is 68.3 cm³/mol. The van der Waals surface area contributed by atoms with E-state index in [4.69, 9.17) is 26.1 Å². The van der Waals surface area contributed by atoms with E-state index in [1.807, 2.05) is 28.8 Å². The first-order valence-electron chi connectivity index (χ1n) is 6.14. The maximum Gasteiger partial charge on any atom is 0.269 e. The van der Waals surface area contributed by atoms with E-state index in [-0.39, 0.29) is 17.9 Å². The highest BCUT2D eigenvalue weighted by atomic mass is 32.1. The Kier molecular flexibility index (Phi) is 2.38. The van der Waals surface area contributed by atoms with Crippen molar-refractivity contribution in [2.24, 2.45) is 0 Å². The third-order valence-corrected chi connectivity index (χ3v) is 3.94. The van der Waals surface area contributed by atoms with E-state index in [0.29, 0.717) is 17.9 Å². The molecule has 19 heavy (non-hydrogen) atoms. The number of hydrogen-bond donors (Lipinski definition) is 0. The lowest BCUT2D eigenvalue weighted by Gasteiger charge is -2.27. The molecule has 2 aliphatic rings. The Balaban J connectivity index is 1.88. The van der Waals surface area contributed by atoms with Gasteiger partial charge in [0.15, 0.2) is 11.4 Å². The summed E-state index contributed by atoms with van der Waals surface area (Å²) < 4.78 is 18.3. The van der Waals surface area contributed by atoms with Gasteiger partial charge in [-0.1, -0.05) is 12.1 Å². The summed E-state index contributed by atoms with van der Waals surface area (Å²) in [6.07, 6.45) is -0.461. The van der Waals surface area contributed by atoms with Crippen molar-refractivity contribution in [2.45, 2.75) is 24.9 Å². The summed E-state index contributed by atoms with van der Waals surface area (Å²) in [6.45, 7) is 0.419. The SMILES string of the molecule is O=C1C[C@@H](n2c(=S)oc3ccccc32)[C@@H]2CO[C@H]1O2. The first kappa shape index (κ1) is 11.3. The number of ketones is 1. The molecule has 2 fully saturated rings. The van der Waals surface area contributed by atoms with Crippen molar-refractivity contribution in [3.05, 3.63) is 29.1 Å². The van der Waals surface area contributed by atoms with Gasteiger partial charge in [0, 0.05) is 6.42 Å². The summed E-state index contributed by atoms with van der Waals surface area (Å²) in [7, 11) is 0. The minimum Gasteiger partial charge on any atom is -0.429 e. The van der Waals surface area contributed by atoms with Gasteiger partial charge in [0.25, 0.3) is 4.84 Å². The van der Waals surface area contributed by atoms with Crippen LogP contribution in [0.4, 0.5) is 0 Å². The second-order valence-electron chi connectivity index (χ2n) is 4.78. The summed E-state index contributed by atoms with van der Waals surface area (Å²) in [5.41, 5.74) is 1.61. The average Bonchev–Trinajstić information content (AvgIpc) is 2.96. The van der Waals surface area contributed by atoms with Crippen molar-refractivity contribution in [3.8, 4) is 0 Å². The molecule has 0 spiro atoms. The number of benzene rings is 1. The fourth-order valence-electron chi connectivity index (χ4n) is 2.78. The van der Waals surface area contributed by atoms with E-state index in [1.165, 1.54) is 0 Å². The number of ether oxygens (including phenoxy) is 2. The van der Waals surface area contributed by atoms with E-state index >= 15 is 0 Å². The molecular weight excluding hydrogens is 266 g/mol. The highest BCUT2D eigenvalue weighted by molar-refractivity contribution is 7.71. The van der Waals surface area contributed by atoms with Crippen molar-refractivity contribution in [3.63, 3.8) is 0 Å². The van der Waals surface area contributed by atoms with Crippen LogP contribution in [0.3, 0.4) is 0 Å². The Bertz CT molecular complexity index is 719. The predicted octanol–water partition coefficient (Wildman–Crippen LogP) is 2.22. The number of hydrogen-bond acceptors (Lipinski definition) is 5. The van der Waals surface area contributed by atoms with Gasteiger partial charge in [-0.3, -0.25) is 9.36 Å². The molecule has 0 amide bonds. The van der Waals surface area contributed by atoms with Crippen molar-refractivity contribution in [1.29, 1.82) is 0 Å². The van der Waals surface area contributed by atoms with Crippen LogP contribution in [0.25, 0.3) is 11.1 Å². The van der Waals surface area contributed by atoms with E-state index in [2.05, 4.69) is 0 Å². The molecule has 0 unspecified atom stereocenters. The van der Waals surface area contributed by atoms with E-state index in [0.717, 1.165) is 11.1 Å². The van der Waals surface area contributed by atoms with Gasteiger partial charge >= 0.3 is 0 Å². The van der Waals surface area contributed by atoms with E-state index in [9.17, 15) is 4.79 Å². The number of rotatable bonds is 1. The Hall–Kier alpha value is -1.50. The van der Waals surface area contributed by atoms with Crippen LogP contribution in [0.5, 0.6) is 0 Å². The van der Waals surface area contributed by atoms with Gasteiger partial charge in [0.2, 0.25) is 6.29 Å². The quantitative estimate of drug-likeness (QED) is 0.748. The molecule has 2 aromatic rings. The zero-order valence-electron chi connectivity index (χ0n) is 9.94. The fraction of sp³-hybridized carbons (Fsp3) is 0.385. The van der Waals surface area contributed by atoms with Crippen molar-refractivity contribution >= 4 is 29.1 Å². The van der Waals surface area contributed by atoms with Crippen LogP contribution in [0.15, 0.2) is 28.7 Å². The van der Waals surface area contributed by atoms with Crippen LogP contribution in [0.2, 0.25) is 0 Å². The maximum atomic E-state index is 11.9. The number of aromatic nitrogens is 1. The molecule has 3 heterocycles. The summed E-state index contributed by atoms with van der Waals surface area (Å²) in [5, 5.41) is 0. The molecule has 0 radical (unpaired) electrons. The second-order valence-corrected chi connectivity index (χ2v) is 5.13. The van der Waals surface area contributed by atoms with Crippen molar-refractivity contribution < 1.29 is 18.7 Å². The van der Waals surface area contributed by atoms with Gasteiger partial charge < -0.3 is 13.9 Å². The molecular formula is C13H11NO4S. The Labute approximate surface area is 113 Å². The van der Waals surface area contributed by atoms with Crippen molar-refractivity contribution in [1.82, 2.24) is 4.57 Å². The smallest absolute Gasteiger partial charge is 0.269 e. The first-order chi connectivity index (χ1) is 9.24. The highest BCUT2D eigenvalue weighted by Gasteiger charge is 2.44. The number of oxazole rings is 1. The Morgan fingerprint density at radius 3 is 3.05 bits per heavy atom. The van der Waals surface area contributed by atoms with Crippen LogP contribution in [0, 0.1) is 4.84 Å². The minimum atomic E-state index is -0.686. The van der Waals surface area contributed by atoms with E-state index in [1.54, 1.807) is 0 Å². The summed E-state index contributed by atoms with van der Waals surface area (Å²) in [5.74, 6) is -0.0362. The lowest BCUT2D eigenvalue weighted by Crippen LogP contribution is -2.36. The summed E-state index contributed by atoms with van der Waals surface area (Å²) in [4.78, 5) is 12.2. The number of carbonyl (C=O) groups is 1. The van der Waals surface area contributed by atoms with Gasteiger partial charge in [-0.2, -0.15) is 0 Å². The molecule has 0 aliphatic carbocycles. The third-order valence-electron chi connectivity index (χ3n) is 3.66.